The van der Waals surface area contributed by atoms with Crippen LogP contribution in [0.25, 0.3) is 22.6 Å². The number of nitrogens with zero attached hydrogens (tertiary/aromatic N) is 1. The van der Waals surface area contributed by atoms with Crippen molar-refractivity contribution in [2.24, 2.45) is 0 Å². The maximum Gasteiger partial charge on any atom is 0.416 e. The van der Waals surface area contributed by atoms with Crippen molar-refractivity contribution in [1.29, 1.82) is 0 Å². The Balaban J connectivity index is 2.15. The molecule has 108 valence electrons. The Morgan fingerprint density at radius 2 is 1.86 bits per heavy atom. The molecule has 21 heavy (non-hydrogen) atoms. The number of oxazole rings is 1. The average Bonchev–Trinajstić information content (AvgIpc) is 2.83. The molecule has 7 heteroatoms. The number of rotatable bonds is 1. The minimum absolute atomic E-state index is 0.151. The maximum atomic E-state index is 12.7. The van der Waals surface area contributed by atoms with Crippen molar-refractivity contribution in [2.45, 2.75) is 6.18 Å². The molecule has 3 nitrogen and oxygen atoms in total. The molecular formula is C14H8F3IN2O. The number of anilines is 1. The van der Waals surface area contributed by atoms with Crippen LogP contribution in [0, 0.1) is 3.57 Å². The van der Waals surface area contributed by atoms with Gasteiger partial charge in [0.25, 0.3) is 0 Å². The zero-order valence-electron chi connectivity index (χ0n) is 10.4. The third kappa shape index (κ3) is 2.69. The third-order valence-electron chi connectivity index (χ3n) is 2.96. The number of benzene rings is 2. The van der Waals surface area contributed by atoms with Crippen LogP contribution in [-0.4, -0.2) is 4.98 Å². The van der Waals surface area contributed by atoms with Crippen molar-refractivity contribution in [1.82, 2.24) is 4.98 Å². The highest BCUT2D eigenvalue weighted by Gasteiger charge is 2.31. The fraction of sp³-hybridized carbons (Fsp3) is 0.0714. The molecule has 2 N–H and O–H groups in total. The van der Waals surface area contributed by atoms with Crippen LogP contribution in [0.15, 0.2) is 40.8 Å². The Labute approximate surface area is 131 Å². The molecule has 1 heterocycles. The van der Waals surface area contributed by atoms with Gasteiger partial charge in [-0.15, -0.1) is 0 Å². The molecular weight excluding hydrogens is 396 g/mol. The summed E-state index contributed by atoms with van der Waals surface area (Å²) in [5.74, 6) is 0.209. The van der Waals surface area contributed by atoms with E-state index in [1.165, 1.54) is 6.07 Å². The first-order valence-corrected chi connectivity index (χ1v) is 6.95. The predicted octanol–water partition coefficient (Wildman–Crippen LogP) is 4.70. The molecule has 1 aromatic heterocycles. The topological polar surface area (TPSA) is 52.0 Å². The fourth-order valence-corrected chi connectivity index (χ4v) is 2.42. The predicted molar refractivity (Wildman–Crippen MR) is 81.6 cm³/mol. The van der Waals surface area contributed by atoms with E-state index in [4.69, 9.17) is 10.2 Å². The standard InChI is InChI=1S/C14H8F3IN2O/c15-14(16,17)7-1-4-12-11(5-7)20-13(21-12)9-6-8(18)2-3-10(9)19/h1-6H,19H2. The number of nitrogen functional groups attached to an aromatic ring is 1. The van der Waals surface area contributed by atoms with E-state index in [9.17, 15) is 13.2 Å². The lowest BCUT2D eigenvalue weighted by Crippen LogP contribution is -2.03. The Kier molecular flexibility index (Phi) is 3.31. The molecule has 3 aromatic rings. The quantitative estimate of drug-likeness (QED) is 0.473. The van der Waals surface area contributed by atoms with Gasteiger partial charge in [-0.1, -0.05) is 0 Å². The lowest BCUT2D eigenvalue weighted by molar-refractivity contribution is -0.137. The summed E-state index contributed by atoms with van der Waals surface area (Å²) < 4.78 is 44.5. The van der Waals surface area contributed by atoms with Gasteiger partial charge in [-0.25, -0.2) is 4.98 Å². The summed E-state index contributed by atoms with van der Waals surface area (Å²) in [6, 6.07) is 8.49. The molecule has 0 spiro atoms. The Bertz CT molecular complexity index is 827. The van der Waals surface area contributed by atoms with Crippen LogP contribution < -0.4 is 5.73 Å². The highest BCUT2D eigenvalue weighted by molar-refractivity contribution is 14.1. The average molecular weight is 404 g/mol. The largest absolute Gasteiger partial charge is 0.436 e. The van der Waals surface area contributed by atoms with Crippen molar-refractivity contribution in [3.8, 4) is 11.5 Å². The zero-order chi connectivity index (χ0) is 15.2. The number of hydrogen-bond acceptors (Lipinski definition) is 3. The summed E-state index contributed by atoms with van der Waals surface area (Å²) >= 11 is 2.11. The van der Waals surface area contributed by atoms with Crippen LogP contribution in [0.3, 0.4) is 0 Å². The molecule has 0 amide bonds. The van der Waals surface area contributed by atoms with Gasteiger partial charge in [0.15, 0.2) is 5.58 Å². The first-order valence-electron chi connectivity index (χ1n) is 5.88. The van der Waals surface area contributed by atoms with Crippen molar-refractivity contribution in [2.75, 3.05) is 5.73 Å². The van der Waals surface area contributed by atoms with Crippen molar-refractivity contribution >= 4 is 39.4 Å². The fourth-order valence-electron chi connectivity index (χ4n) is 1.93. The van der Waals surface area contributed by atoms with Crippen LogP contribution in [0.4, 0.5) is 18.9 Å². The number of aromatic nitrogens is 1. The minimum atomic E-state index is -4.41. The molecule has 0 aliphatic rings. The van der Waals surface area contributed by atoms with E-state index in [1.807, 2.05) is 6.07 Å². The van der Waals surface area contributed by atoms with E-state index < -0.39 is 11.7 Å². The van der Waals surface area contributed by atoms with Crippen molar-refractivity contribution in [3.05, 3.63) is 45.5 Å². The monoisotopic (exact) mass is 404 g/mol. The van der Waals surface area contributed by atoms with Gasteiger partial charge >= 0.3 is 6.18 Å². The summed E-state index contributed by atoms with van der Waals surface area (Å²) in [5, 5.41) is 0. The van der Waals surface area contributed by atoms with Crippen LogP contribution >= 0.6 is 22.6 Å². The van der Waals surface area contributed by atoms with Crippen LogP contribution in [0.5, 0.6) is 0 Å². The lowest BCUT2D eigenvalue weighted by atomic mass is 10.2. The SMILES string of the molecule is Nc1ccc(I)cc1-c1nc2cc(C(F)(F)F)ccc2o1. The molecule has 0 radical (unpaired) electrons. The molecule has 0 atom stereocenters. The number of hydrogen-bond donors (Lipinski definition) is 1. The highest BCUT2D eigenvalue weighted by Crippen LogP contribution is 2.34. The van der Waals surface area contributed by atoms with Gasteiger partial charge in [-0.2, -0.15) is 13.2 Å². The van der Waals surface area contributed by atoms with E-state index in [1.54, 1.807) is 12.1 Å². The first kappa shape index (κ1) is 14.2. The molecule has 0 aliphatic heterocycles. The van der Waals surface area contributed by atoms with E-state index in [2.05, 4.69) is 27.6 Å². The van der Waals surface area contributed by atoms with E-state index >= 15 is 0 Å². The summed E-state index contributed by atoms with van der Waals surface area (Å²) in [5.41, 5.74) is 6.56. The summed E-state index contributed by atoms with van der Waals surface area (Å²) in [4.78, 5) is 4.11. The normalized spacial score (nSPS) is 12.0. The van der Waals surface area contributed by atoms with Gasteiger partial charge in [-0.3, -0.25) is 0 Å². The van der Waals surface area contributed by atoms with Crippen LogP contribution in [0.1, 0.15) is 5.56 Å². The third-order valence-corrected chi connectivity index (χ3v) is 3.63. The van der Waals surface area contributed by atoms with E-state index in [-0.39, 0.29) is 17.0 Å². The second-order valence-electron chi connectivity index (χ2n) is 4.43. The maximum absolute atomic E-state index is 12.7. The van der Waals surface area contributed by atoms with Crippen molar-refractivity contribution in [3.63, 3.8) is 0 Å². The number of halogens is 4. The van der Waals surface area contributed by atoms with Gasteiger partial charge < -0.3 is 10.2 Å². The van der Waals surface area contributed by atoms with E-state index in [0.29, 0.717) is 11.3 Å². The Hall–Kier alpha value is -1.77. The van der Waals surface area contributed by atoms with Crippen molar-refractivity contribution < 1.29 is 17.6 Å². The summed E-state index contributed by atoms with van der Waals surface area (Å²) in [6.07, 6.45) is -4.41. The molecule has 0 fully saturated rings. The lowest BCUT2D eigenvalue weighted by Gasteiger charge is -2.04. The molecule has 0 saturated heterocycles. The number of fused-ring (bicyclic) bond motifs is 1. The summed E-state index contributed by atoms with van der Waals surface area (Å²) in [6.45, 7) is 0. The number of nitrogens with two attached hydrogens (primary N) is 1. The van der Waals surface area contributed by atoms with Crippen LogP contribution in [0.2, 0.25) is 0 Å². The molecule has 3 rings (SSSR count). The molecule has 0 aliphatic carbocycles. The van der Waals surface area contributed by atoms with Gasteiger partial charge in [-0.05, 0) is 59.0 Å². The second kappa shape index (κ2) is 4.90. The highest BCUT2D eigenvalue weighted by atomic mass is 127. The molecule has 0 saturated carbocycles. The van der Waals surface area contributed by atoms with Crippen LogP contribution in [-0.2, 0) is 6.18 Å². The van der Waals surface area contributed by atoms with E-state index in [0.717, 1.165) is 15.7 Å². The minimum Gasteiger partial charge on any atom is -0.436 e. The molecule has 0 bridgehead atoms. The van der Waals surface area contributed by atoms with Gasteiger partial charge in [0.05, 0.1) is 11.1 Å². The Morgan fingerprint density at radius 1 is 1.10 bits per heavy atom. The van der Waals surface area contributed by atoms with Gasteiger partial charge in [0.2, 0.25) is 5.89 Å². The number of alkyl halides is 3. The molecule has 0 unspecified atom stereocenters. The Morgan fingerprint density at radius 3 is 2.57 bits per heavy atom. The second-order valence-corrected chi connectivity index (χ2v) is 5.68. The summed E-state index contributed by atoms with van der Waals surface area (Å²) in [7, 11) is 0. The smallest absolute Gasteiger partial charge is 0.416 e. The van der Waals surface area contributed by atoms with Gasteiger partial charge in [0, 0.05) is 9.26 Å². The first-order chi connectivity index (χ1) is 9.84. The van der Waals surface area contributed by atoms with Gasteiger partial charge in [0.1, 0.15) is 5.52 Å². The molecule has 2 aromatic carbocycles. The zero-order valence-corrected chi connectivity index (χ0v) is 12.6.